The van der Waals surface area contributed by atoms with Gasteiger partial charge in [-0.3, -0.25) is 9.69 Å². The normalized spacial score (nSPS) is 11.2. The van der Waals surface area contributed by atoms with E-state index < -0.39 is 0 Å². The van der Waals surface area contributed by atoms with E-state index in [1.807, 2.05) is 56.7 Å². The highest BCUT2D eigenvalue weighted by Gasteiger charge is 2.23. The molecule has 0 spiro atoms. The first-order valence-electron chi connectivity index (χ1n) is 8.99. The molecule has 0 N–H and O–H groups in total. The molecule has 3 aromatic rings. The molecule has 0 saturated carbocycles. The van der Waals surface area contributed by atoms with Crippen molar-refractivity contribution >= 4 is 44.4 Å². The summed E-state index contributed by atoms with van der Waals surface area (Å²) in [5.41, 5.74) is 2.60. The summed E-state index contributed by atoms with van der Waals surface area (Å²) in [5.74, 6) is 0.692. The number of thiazole rings is 1. The molecule has 148 valence electrons. The molecule has 3 rings (SSSR count). The van der Waals surface area contributed by atoms with Gasteiger partial charge in [0.15, 0.2) is 5.13 Å². The fourth-order valence-electron chi connectivity index (χ4n) is 2.85. The van der Waals surface area contributed by atoms with Gasteiger partial charge in [0, 0.05) is 23.5 Å². The van der Waals surface area contributed by atoms with E-state index in [4.69, 9.17) is 9.72 Å². The van der Waals surface area contributed by atoms with Crippen molar-refractivity contribution < 1.29 is 9.53 Å². The van der Waals surface area contributed by atoms with E-state index in [-0.39, 0.29) is 5.91 Å². The van der Waals surface area contributed by atoms with Crippen molar-refractivity contribution in [2.24, 2.45) is 0 Å². The van der Waals surface area contributed by atoms with Crippen LogP contribution in [0.4, 0.5) is 5.13 Å². The van der Waals surface area contributed by atoms with Crippen molar-refractivity contribution in [2.45, 2.75) is 11.8 Å². The lowest BCUT2D eigenvalue weighted by Crippen LogP contribution is -2.36. The molecule has 1 heterocycles. The molecule has 5 nitrogen and oxygen atoms in total. The fraction of sp³-hybridized carbons (Fsp3) is 0.333. The van der Waals surface area contributed by atoms with E-state index in [1.165, 1.54) is 11.3 Å². The van der Waals surface area contributed by atoms with Gasteiger partial charge in [0.05, 0.1) is 11.8 Å². The molecule has 0 radical (unpaired) electrons. The number of likely N-dealkylation sites (N-methyl/N-ethyl adjacent to an activating group) is 1. The van der Waals surface area contributed by atoms with Crippen LogP contribution < -0.4 is 9.64 Å². The van der Waals surface area contributed by atoms with E-state index in [2.05, 4.69) is 11.8 Å². The second-order valence-corrected chi connectivity index (χ2v) is 8.60. The number of aromatic nitrogens is 1. The minimum absolute atomic E-state index is 0.0369. The van der Waals surface area contributed by atoms with Crippen LogP contribution in [-0.2, 0) is 0 Å². The van der Waals surface area contributed by atoms with E-state index in [9.17, 15) is 4.79 Å². The molecular formula is C21H25N3O2S2. The number of nitrogens with zero attached hydrogens (tertiary/aromatic N) is 3. The Labute approximate surface area is 174 Å². The maximum Gasteiger partial charge on any atom is 0.260 e. The summed E-state index contributed by atoms with van der Waals surface area (Å²) < 4.78 is 6.53. The molecule has 7 heteroatoms. The second-order valence-electron chi connectivity index (χ2n) is 6.75. The Kier molecular flexibility index (Phi) is 6.59. The third kappa shape index (κ3) is 4.32. The minimum atomic E-state index is -0.0369. The number of amides is 1. The standard InChI is InChI=1S/C21H25N3O2S2/c1-14-6-11-17(26-4)18-19(14)28-21(22-18)24(13-12-23(2)3)20(25)15-7-9-16(27-5)10-8-15/h6-11H,12-13H2,1-5H3. The predicted octanol–water partition coefficient (Wildman–Crippen LogP) is 4.54. The lowest BCUT2D eigenvalue weighted by atomic mass is 10.2. The van der Waals surface area contributed by atoms with Crippen LogP contribution in [0, 0.1) is 6.92 Å². The average Bonchev–Trinajstić information content (AvgIpc) is 3.14. The molecule has 0 aliphatic rings. The summed E-state index contributed by atoms with van der Waals surface area (Å²) in [6.45, 7) is 3.37. The smallest absolute Gasteiger partial charge is 0.260 e. The van der Waals surface area contributed by atoms with Gasteiger partial charge in [-0.05, 0) is 63.2 Å². The van der Waals surface area contributed by atoms with Gasteiger partial charge < -0.3 is 9.64 Å². The molecule has 0 fully saturated rings. The topological polar surface area (TPSA) is 45.7 Å². The Morgan fingerprint density at radius 2 is 1.86 bits per heavy atom. The van der Waals surface area contributed by atoms with Gasteiger partial charge in [0.2, 0.25) is 0 Å². The molecular weight excluding hydrogens is 390 g/mol. The summed E-state index contributed by atoms with van der Waals surface area (Å²) in [4.78, 5) is 23.1. The van der Waals surface area contributed by atoms with Crippen molar-refractivity contribution in [3.8, 4) is 5.75 Å². The van der Waals surface area contributed by atoms with Crippen LogP contribution in [0.15, 0.2) is 41.3 Å². The number of rotatable bonds is 7. The molecule has 1 aromatic heterocycles. The SMILES string of the molecule is COc1ccc(C)c2sc(N(CCN(C)C)C(=O)c3ccc(SC)cc3)nc12. The van der Waals surface area contributed by atoms with Crippen LogP contribution in [0.5, 0.6) is 5.75 Å². The van der Waals surface area contributed by atoms with Crippen LogP contribution in [0.1, 0.15) is 15.9 Å². The maximum absolute atomic E-state index is 13.3. The first-order chi connectivity index (χ1) is 13.4. The predicted molar refractivity (Wildman–Crippen MR) is 119 cm³/mol. The van der Waals surface area contributed by atoms with Gasteiger partial charge in [-0.2, -0.15) is 0 Å². The van der Waals surface area contributed by atoms with Crippen molar-refractivity contribution in [1.82, 2.24) is 9.88 Å². The first-order valence-corrected chi connectivity index (χ1v) is 11.0. The Balaban J connectivity index is 2.02. The number of carbonyl (C=O) groups is 1. The Bertz CT molecular complexity index is 968. The zero-order valence-corrected chi connectivity index (χ0v) is 18.5. The van der Waals surface area contributed by atoms with Crippen LogP contribution in [0.2, 0.25) is 0 Å². The number of thioether (sulfide) groups is 1. The van der Waals surface area contributed by atoms with Crippen LogP contribution in [0.25, 0.3) is 10.2 Å². The van der Waals surface area contributed by atoms with Gasteiger partial charge in [-0.25, -0.2) is 4.98 Å². The van der Waals surface area contributed by atoms with Gasteiger partial charge >= 0.3 is 0 Å². The highest BCUT2D eigenvalue weighted by molar-refractivity contribution is 7.98. The largest absolute Gasteiger partial charge is 0.494 e. The molecule has 0 bridgehead atoms. The Morgan fingerprint density at radius 3 is 2.46 bits per heavy atom. The molecule has 2 aromatic carbocycles. The zero-order chi connectivity index (χ0) is 20.3. The number of anilines is 1. The summed E-state index contributed by atoms with van der Waals surface area (Å²) in [6, 6.07) is 11.7. The van der Waals surface area contributed by atoms with E-state index in [0.29, 0.717) is 17.2 Å². The lowest BCUT2D eigenvalue weighted by Gasteiger charge is -2.22. The van der Waals surface area contributed by atoms with Crippen molar-refractivity contribution in [1.29, 1.82) is 0 Å². The number of fused-ring (bicyclic) bond motifs is 1. The average molecular weight is 416 g/mol. The molecule has 0 aliphatic carbocycles. The van der Waals surface area contributed by atoms with E-state index in [1.54, 1.807) is 23.8 Å². The molecule has 28 heavy (non-hydrogen) atoms. The molecule has 0 aliphatic heterocycles. The van der Waals surface area contributed by atoms with Crippen molar-refractivity contribution in [3.63, 3.8) is 0 Å². The Hall–Kier alpha value is -2.09. The number of carbonyl (C=O) groups excluding carboxylic acids is 1. The number of methoxy groups -OCH3 is 1. The zero-order valence-electron chi connectivity index (χ0n) is 16.9. The second kappa shape index (κ2) is 8.94. The molecule has 1 amide bonds. The summed E-state index contributed by atoms with van der Waals surface area (Å²) in [7, 11) is 5.65. The van der Waals surface area contributed by atoms with Gasteiger partial charge in [-0.15, -0.1) is 11.8 Å². The maximum atomic E-state index is 13.3. The third-order valence-electron chi connectivity index (χ3n) is 4.50. The fourth-order valence-corrected chi connectivity index (χ4v) is 4.34. The van der Waals surface area contributed by atoms with E-state index in [0.717, 1.165) is 33.0 Å². The highest BCUT2D eigenvalue weighted by Crippen LogP contribution is 2.36. The Morgan fingerprint density at radius 1 is 1.14 bits per heavy atom. The number of hydrogen-bond acceptors (Lipinski definition) is 6. The quantitative estimate of drug-likeness (QED) is 0.530. The summed E-state index contributed by atoms with van der Waals surface area (Å²) in [5, 5.41) is 0.698. The summed E-state index contributed by atoms with van der Waals surface area (Å²) in [6.07, 6.45) is 2.02. The minimum Gasteiger partial charge on any atom is -0.494 e. The van der Waals surface area contributed by atoms with Gasteiger partial charge in [-0.1, -0.05) is 17.4 Å². The lowest BCUT2D eigenvalue weighted by molar-refractivity contribution is 0.0985. The number of benzene rings is 2. The molecule has 0 unspecified atom stereocenters. The monoisotopic (exact) mass is 415 g/mol. The van der Waals surface area contributed by atoms with Crippen molar-refractivity contribution in [3.05, 3.63) is 47.5 Å². The van der Waals surface area contributed by atoms with Gasteiger partial charge in [0.1, 0.15) is 11.3 Å². The van der Waals surface area contributed by atoms with Crippen LogP contribution in [0.3, 0.4) is 0 Å². The molecule has 0 saturated heterocycles. The van der Waals surface area contributed by atoms with Crippen LogP contribution >= 0.6 is 23.1 Å². The summed E-state index contributed by atoms with van der Waals surface area (Å²) >= 11 is 3.20. The van der Waals surface area contributed by atoms with Crippen LogP contribution in [-0.4, -0.2) is 56.3 Å². The first kappa shape index (κ1) is 20.6. The number of aryl methyl sites for hydroxylation is 1. The number of hydrogen-bond donors (Lipinski definition) is 0. The molecule has 0 atom stereocenters. The highest BCUT2D eigenvalue weighted by atomic mass is 32.2. The van der Waals surface area contributed by atoms with Gasteiger partial charge in [0.25, 0.3) is 5.91 Å². The third-order valence-corrected chi connectivity index (χ3v) is 6.45. The number of ether oxygens (including phenoxy) is 1. The van der Waals surface area contributed by atoms with Crippen molar-refractivity contribution in [2.75, 3.05) is 45.5 Å². The van der Waals surface area contributed by atoms with E-state index >= 15 is 0 Å².